The van der Waals surface area contributed by atoms with Gasteiger partial charge in [-0.1, -0.05) is 18.2 Å². The van der Waals surface area contributed by atoms with Gasteiger partial charge in [0.15, 0.2) is 17.3 Å². The van der Waals surface area contributed by atoms with Gasteiger partial charge in [0.1, 0.15) is 6.61 Å². The van der Waals surface area contributed by atoms with Crippen LogP contribution in [-0.2, 0) is 4.79 Å². The summed E-state index contributed by atoms with van der Waals surface area (Å²) >= 11 is 0. The number of methoxy groups -OCH3 is 1. The van der Waals surface area contributed by atoms with E-state index >= 15 is 0 Å². The first kappa shape index (κ1) is 20.9. The van der Waals surface area contributed by atoms with Crippen LogP contribution in [0.25, 0.3) is 11.8 Å². The van der Waals surface area contributed by atoms with Gasteiger partial charge in [-0.3, -0.25) is 4.79 Å². The zero-order valence-corrected chi connectivity index (χ0v) is 16.9. The third-order valence-corrected chi connectivity index (χ3v) is 4.54. The van der Waals surface area contributed by atoms with Gasteiger partial charge >= 0.3 is 0 Å². The number of carbonyl (C=O) groups is 2. The zero-order chi connectivity index (χ0) is 21.7. The van der Waals surface area contributed by atoms with E-state index in [9.17, 15) is 14.7 Å². The molecule has 0 bridgehead atoms. The minimum atomic E-state index is -1.35. The highest BCUT2D eigenvalue weighted by molar-refractivity contribution is 6.07. The predicted molar refractivity (Wildman–Crippen MR) is 110 cm³/mol. The number of carboxylic acid groups (broad SMARTS) is 1. The molecule has 0 unspecified atom stereocenters. The van der Waals surface area contributed by atoms with Crippen molar-refractivity contribution in [2.24, 2.45) is 0 Å². The molecule has 0 N–H and O–H groups in total. The summed E-state index contributed by atoms with van der Waals surface area (Å²) in [6, 6.07) is 14.3. The Labute approximate surface area is 174 Å². The molecule has 0 aliphatic carbocycles. The number of nitrogens with zero attached hydrogens (tertiary/aromatic N) is 2. The Morgan fingerprint density at radius 2 is 1.83 bits per heavy atom. The minimum absolute atomic E-state index is 0.220. The predicted octanol–water partition coefficient (Wildman–Crippen LogP) is 2.52. The van der Waals surface area contributed by atoms with Gasteiger partial charge in [-0.05, 0) is 56.3 Å². The standard InChI is InChI=1S/C23H22N2O5/c1-15-19(16(2)25(24-15)18-7-5-4-6-8-18)10-11-20(26)17-9-12-21(22(13-17)29-3)30-14-23(27)28/h4-13H,14H2,1-3H3,(H,27,28)/p-1/b11-10+. The number of benzene rings is 2. The second kappa shape index (κ2) is 9.09. The number of rotatable bonds is 8. The molecule has 7 nitrogen and oxygen atoms in total. The number of aryl methyl sites for hydroxylation is 1. The summed E-state index contributed by atoms with van der Waals surface area (Å²) in [6.07, 6.45) is 3.22. The van der Waals surface area contributed by atoms with Crippen LogP contribution in [0.3, 0.4) is 0 Å². The molecule has 0 fully saturated rings. The Kier molecular flexibility index (Phi) is 6.32. The number of allylic oxidation sites excluding steroid dienone is 1. The number of hydrogen-bond donors (Lipinski definition) is 0. The first-order chi connectivity index (χ1) is 14.4. The molecular formula is C23H21N2O5-. The average molecular weight is 405 g/mol. The Morgan fingerprint density at radius 3 is 2.50 bits per heavy atom. The number of ketones is 1. The van der Waals surface area contributed by atoms with Crippen LogP contribution in [0.15, 0.2) is 54.6 Å². The Bertz CT molecular complexity index is 1100. The molecule has 0 radical (unpaired) electrons. The molecule has 7 heteroatoms. The molecule has 0 spiro atoms. The number of aromatic nitrogens is 2. The van der Waals surface area contributed by atoms with Crippen molar-refractivity contribution in [2.75, 3.05) is 13.7 Å². The van der Waals surface area contributed by atoms with Crippen LogP contribution in [0, 0.1) is 13.8 Å². The Hall–Kier alpha value is -3.87. The maximum absolute atomic E-state index is 12.6. The van der Waals surface area contributed by atoms with Crippen LogP contribution in [0.4, 0.5) is 0 Å². The van der Waals surface area contributed by atoms with Crippen molar-refractivity contribution in [2.45, 2.75) is 13.8 Å². The van der Waals surface area contributed by atoms with E-state index in [4.69, 9.17) is 9.47 Å². The molecule has 1 heterocycles. The van der Waals surface area contributed by atoms with Crippen LogP contribution in [-0.4, -0.2) is 35.2 Å². The quantitative estimate of drug-likeness (QED) is 0.422. The number of para-hydroxylation sites is 1. The van der Waals surface area contributed by atoms with Crippen LogP contribution in [0.5, 0.6) is 11.5 Å². The summed E-state index contributed by atoms with van der Waals surface area (Å²) in [4.78, 5) is 23.2. The van der Waals surface area contributed by atoms with Gasteiger partial charge < -0.3 is 19.4 Å². The lowest BCUT2D eigenvalue weighted by atomic mass is 10.1. The van der Waals surface area contributed by atoms with E-state index in [0.717, 1.165) is 22.6 Å². The van der Waals surface area contributed by atoms with Gasteiger partial charge in [0.25, 0.3) is 0 Å². The maximum Gasteiger partial charge on any atom is 0.185 e. The van der Waals surface area contributed by atoms with Crippen molar-refractivity contribution in [3.63, 3.8) is 0 Å². The lowest BCUT2D eigenvalue weighted by molar-refractivity contribution is -0.307. The Balaban J connectivity index is 1.82. The van der Waals surface area contributed by atoms with Gasteiger partial charge in [-0.15, -0.1) is 0 Å². The van der Waals surface area contributed by atoms with Crippen molar-refractivity contribution in [1.82, 2.24) is 9.78 Å². The third-order valence-electron chi connectivity index (χ3n) is 4.54. The van der Waals surface area contributed by atoms with Crippen LogP contribution in [0.2, 0.25) is 0 Å². The number of carboxylic acids is 1. The molecule has 3 rings (SSSR count). The van der Waals surface area contributed by atoms with Crippen molar-refractivity contribution < 1.29 is 24.2 Å². The van der Waals surface area contributed by atoms with E-state index in [1.165, 1.54) is 25.3 Å². The summed E-state index contributed by atoms with van der Waals surface area (Å²) in [7, 11) is 1.41. The van der Waals surface area contributed by atoms with Crippen LogP contribution < -0.4 is 14.6 Å². The summed E-state index contributed by atoms with van der Waals surface area (Å²) in [5.41, 5.74) is 3.93. The summed E-state index contributed by atoms with van der Waals surface area (Å²) in [5, 5.41) is 15.1. The normalized spacial score (nSPS) is 10.9. The van der Waals surface area contributed by atoms with Crippen molar-refractivity contribution in [3.05, 3.63) is 77.1 Å². The molecule has 0 saturated heterocycles. The van der Waals surface area contributed by atoms with E-state index in [1.54, 1.807) is 12.1 Å². The van der Waals surface area contributed by atoms with Crippen molar-refractivity contribution >= 4 is 17.8 Å². The molecule has 0 amide bonds. The topological polar surface area (TPSA) is 93.5 Å². The van der Waals surface area contributed by atoms with Gasteiger partial charge in [0.05, 0.1) is 24.5 Å². The fourth-order valence-electron chi connectivity index (χ4n) is 3.05. The van der Waals surface area contributed by atoms with E-state index in [0.29, 0.717) is 5.56 Å². The molecule has 0 aliphatic heterocycles. The highest BCUT2D eigenvalue weighted by Gasteiger charge is 2.13. The average Bonchev–Trinajstić information content (AvgIpc) is 3.04. The molecule has 0 aliphatic rings. The van der Waals surface area contributed by atoms with E-state index < -0.39 is 12.6 Å². The molecule has 2 aromatic carbocycles. The summed E-state index contributed by atoms with van der Waals surface area (Å²) in [6.45, 7) is 3.24. The Morgan fingerprint density at radius 1 is 1.10 bits per heavy atom. The summed E-state index contributed by atoms with van der Waals surface area (Å²) in [5.74, 6) is -1.09. The molecule has 154 valence electrons. The molecular weight excluding hydrogens is 384 g/mol. The van der Waals surface area contributed by atoms with Crippen LogP contribution in [0.1, 0.15) is 27.3 Å². The lowest BCUT2D eigenvalue weighted by Gasteiger charge is -2.11. The number of ether oxygens (including phenoxy) is 2. The molecule has 0 atom stereocenters. The van der Waals surface area contributed by atoms with E-state index in [1.807, 2.05) is 48.9 Å². The fourth-order valence-corrected chi connectivity index (χ4v) is 3.05. The molecule has 0 saturated carbocycles. The number of aliphatic carboxylic acids is 1. The van der Waals surface area contributed by atoms with E-state index in [-0.39, 0.29) is 17.3 Å². The van der Waals surface area contributed by atoms with E-state index in [2.05, 4.69) is 5.10 Å². The minimum Gasteiger partial charge on any atom is -0.546 e. The van der Waals surface area contributed by atoms with Gasteiger partial charge in [0.2, 0.25) is 0 Å². The second-order valence-corrected chi connectivity index (χ2v) is 6.56. The van der Waals surface area contributed by atoms with Gasteiger partial charge in [0, 0.05) is 16.8 Å². The highest BCUT2D eigenvalue weighted by Crippen LogP contribution is 2.28. The van der Waals surface area contributed by atoms with Gasteiger partial charge in [-0.25, -0.2) is 4.68 Å². The number of carbonyl (C=O) groups excluding carboxylic acids is 2. The number of hydrogen-bond acceptors (Lipinski definition) is 6. The highest BCUT2D eigenvalue weighted by atomic mass is 16.5. The van der Waals surface area contributed by atoms with Crippen molar-refractivity contribution in [1.29, 1.82) is 0 Å². The first-order valence-electron chi connectivity index (χ1n) is 9.25. The third kappa shape index (κ3) is 4.57. The smallest absolute Gasteiger partial charge is 0.185 e. The second-order valence-electron chi connectivity index (χ2n) is 6.56. The zero-order valence-electron chi connectivity index (χ0n) is 16.9. The van der Waals surface area contributed by atoms with Crippen LogP contribution >= 0.6 is 0 Å². The largest absolute Gasteiger partial charge is 0.546 e. The SMILES string of the molecule is COc1cc(C(=O)/C=C/c2c(C)nn(-c3ccccc3)c2C)ccc1OCC(=O)[O-]. The fraction of sp³-hybridized carbons (Fsp3) is 0.174. The molecule has 3 aromatic rings. The lowest BCUT2D eigenvalue weighted by Crippen LogP contribution is -2.29. The molecule has 1 aromatic heterocycles. The summed E-state index contributed by atoms with van der Waals surface area (Å²) < 4.78 is 12.1. The van der Waals surface area contributed by atoms with Crippen molar-refractivity contribution in [3.8, 4) is 17.2 Å². The maximum atomic E-state index is 12.6. The van der Waals surface area contributed by atoms with Gasteiger partial charge in [-0.2, -0.15) is 5.10 Å². The molecule has 30 heavy (non-hydrogen) atoms. The monoisotopic (exact) mass is 405 g/mol. The first-order valence-corrected chi connectivity index (χ1v) is 9.25.